The number of hydrogen-bond donors (Lipinski definition) is 1. The minimum Gasteiger partial charge on any atom is -0.449 e. The molecule has 4 aromatic rings. The summed E-state index contributed by atoms with van der Waals surface area (Å²) in [5.41, 5.74) is 2.61. The van der Waals surface area contributed by atoms with E-state index in [0.29, 0.717) is 32.5 Å². The number of halogens is 2. The summed E-state index contributed by atoms with van der Waals surface area (Å²) in [6.45, 7) is 0. The van der Waals surface area contributed by atoms with Crippen LogP contribution >= 0.6 is 23.2 Å². The number of H-pyrrole nitrogens is 1. The van der Waals surface area contributed by atoms with Crippen molar-refractivity contribution in [1.82, 2.24) is 9.97 Å². The van der Waals surface area contributed by atoms with Crippen LogP contribution in [0.4, 0.5) is 0 Å². The Morgan fingerprint density at radius 1 is 1.17 bits per heavy atom. The molecule has 0 saturated carbocycles. The minimum atomic E-state index is -0.352. The molecule has 2 aromatic carbocycles. The summed E-state index contributed by atoms with van der Waals surface area (Å²) in [6.07, 6.45) is 0. The van der Waals surface area contributed by atoms with Crippen molar-refractivity contribution in [2.75, 3.05) is 0 Å². The fourth-order valence-corrected chi connectivity index (χ4v) is 2.97. The van der Waals surface area contributed by atoms with Crippen molar-refractivity contribution in [3.05, 3.63) is 56.8 Å². The van der Waals surface area contributed by atoms with Crippen molar-refractivity contribution >= 4 is 58.6 Å². The van der Waals surface area contributed by atoms with Gasteiger partial charge >= 0.3 is 0 Å². The van der Waals surface area contributed by atoms with Crippen LogP contribution in [0.25, 0.3) is 33.5 Å². The summed E-state index contributed by atoms with van der Waals surface area (Å²) >= 11 is 12.3. The van der Waals surface area contributed by atoms with Crippen molar-refractivity contribution in [1.29, 1.82) is 0 Å². The van der Waals surface area contributed by atoms with E-state index in [1.807, 2.05) is 26.0 Å². The first-order chi connectivity index (χ1) is 11.0. The van der Waals surface area contributed by atoms with Crippen molar-refractivity contribution in [2.24, 2.45) is 0 Å². The Morgan fingerprint density at radius 2 is 2.00 bits per heavy atom. The maximum Gasteiger partial charge on any atom is 0.294 e. The Balaban J connectivity index is 2.10. The van der Waals surface area contributed by atoms with Gasteiger partial charge in [0.15, 0.2) is 0 Å². The number of nitrogens with one attached hydrogen (secondary N) is 1. The SMILES string of the molecule is Bc1ccc2oc3c(=O)[nH]c(-c4cccc(Cl)c4Cl)nc3c2c1. The largest absolute Gasteiger partial charge is 0.449 e. The summed E-state index contributed by atoms with van der Waals surface area (Å²) in [6, 6.07) is 10.9. The number of furan rings is 1. The van der Waals surface area contributed by atoms with Gasteiger partial charge in [0.2, 0.25) is 5.58 Å². The highest BCUT2D eigenvalue weighted by molar-refractivity contribution is 6.43. The van der Waals surface area contributed by atoms with E-state index in [1.165, 1.54) is 0 Å². The highest BCUT2D eigenvalue weighted by Gasteiger charge is 2.16. The molecule has 0 bridgehead atoms. The van der Waals surface area contributed by atoms with Gasteiger partial charge < -0.3 is 9.40 Å². The van der Waals surface area contributed by atoms with E-state index >= 15 is 0 Å². The predicted molar refractivity (Wildman–Crippen MR) is 95.8 cm³/mol. The van der Waals surface area contributed by atoms with Gasteiger partial charge in [-0.2, -0.15) is 0 Å². The highest BCUT2D eigenvalue weighted by Crippen LogP contribution is 2.32. The van der Waals surface area contributed by atoms with Gasteiger partial charge in [-0.05, 0) is 18.2 Å². The molecule has 7 heteroatoms. The Kier molecular flexibility index (Phi) is 3.22. The van der Waals surface area contributed by atoms with Crippen LogP contribution in [0.2, 0.25) is 10.0 Å². The zero-order chi connectivity index (χ0) is 16.1. The zero-order valence-electron chi connectivity index (χ0n) is 12.0. The molecule has 4 rings (SSSR count). The van der Waals surface area contributed by atoms with E-state index in [4.69, 9.17) is 27.6 Å². The topological polar surface area (TPSA) is 58.9 Å². The van der Waals surface area contributed by atoms with E-state index in [9.17, 15) is 4.79 Å². The van der Waals surface area contributed by atoms with E-state index in [2.05, 4.69) is 9.97 Å². The fourth-order valence-electron chi connectivity index (χ4n) is 2.58. The quantitative estimate of drug-likeness (QED) is 0.541. The van der Waals surface area contributed by atoms with E-state index < -0.39 is 0 Å². The lowest BCUT2D eigenvalue weighted by atomic mass is 9.95. The molecule has 0 atom stereocenters. The van der Waals surface area contributed by atoms with Crippen LogP contribution in [0, 0.1) is 0 Å². The molecule has 0 saturated heterocycles. The average Bonchev–Trinajstić information content (AvgIpc) is 2.89. The second kappa shape index (κ2) is 5.15. The van der Waals surface area contributed by atoms with Gasteiger partial charge in [-0.25, -0.2) is 4.98 Å². The molecule has 23 heavy (non-hydrogen) atoms. The lowest BCUT2D eigenvalue weighted by Gasteiger charge is -2.04. The first-order valence-electron chi connectivity index (χ1n) is 6.92. The molecular formula is C16H9BCl2N2O2. The van der Waals surface area contributed by atoms with Crippen LogP contribution in [0.3, 0.4) is 0 Å². The van der Waals surface area contributed by atoms with Crippen molar-refractivity contribution < 1.29 is 4.42 Å². The number of aromatic amines is 1. The number of aromatic nitrogens is 2. The van der Waals surface area contributed by atoms with Crippen molar-refractivity contribution in [2.45, 2.75) is 0 Å². The standard InChI is InChI=1S/C16H9BCl2N2O2/c17-7-4-5-11-9(6-7)13-14(23-11)16(22)21-15(20-13)8-2-1-3-10(18)12(8)19/h1-6H,17H2,(H,20,21,22). The number of nitrogens with zero attached hydrogens (tertiary/aromatic N) is 1. The van der Waals surface area contributed by atoms with Gasteiger partial charge in [0.05, 0.1) is 10.0 Å². The summed E-state index contributed by atoms with van der Waals surface area (Å²) in [4.78, 5) is 19.6. The molecular weight excluding hydrogens is 334 g/mol. The van der Waals surface area contributed by atoms with Crippen LogP contribution in [0.1, 0.15) is 0 Å². The Bertz CT molecular complexity index is 1130. The van der Waals surface area contributed by atoms with Gasteiger partial charge in [-0.1, -0.05) is 46.9 Å². The van der Waals surface area contributed by atoms with Gasteiger partial charge in [-0.3, -0.25) is 4.79 Å². The lowest BCUT2D eigenvalue weighted by molar-refractivity contribution is 0.661. The maximum absolute atomic E-state index is 12.4. The minimum absolute atomic E-state index is 0.201. The van der Waals surface area contributed by atoms with Crippen LogP contribution in [0.5, 0.6) is 0 Å². The fraction of sp³-hybridized carbons (Fsp3) is 0. The van der Waals surface area contributed by atoms with E-state index in [-0.39, 0.29) is 11.1 Å². The van der Waals surface area contributed by atoms with Crippen LogP contribution in [0.15, 0.2) is 45.6 Å². The summed E-state index contributed by atoms with van der Waals surface area (Å²) in [5.74, 6) is 0.360. The van der Waals surface area contributed by atoms with Gasteiger partial charge in [0.25, 0.3) is 5.56 Å². The zero-order valence-corrected chi connectivity index (χ0v) is 13.5. The Labute approximate surface area is 141 Å². The van der Waals surface area contributed by atoms with Crippen molar-refractivity contribution in [3.63, 3.8) is 0 Å². The summed E-state index contributed by atoms with van der Waals surface area (Å²) in [5, 5.41) is 1.55. The molecule has 0 aliphatic rings. The molecule has 4 nitrogen and oxygen atoms in total. The summed E-state index contributed by atoms with van der Waals surface area (Å²) < 4.78 is 5.62. The molecule has 0 spiro atoms. The van der Waals surface area contributed by atoms with Gasteiger partial charge in [0.1, 0.15) is 24.8 Å². The third-order valence-corrected chi connectivity index (χ3v) is 4.50. The van der Waals surface area contributed by atoms with E-state index in [0.717, 1.165) is 10.8 Å². The molecule has 0 amide bonds. The monoisotopic (exact) mass is 342 g/mol. The first-order valence-corrected chi connectivity index (χ1v) is 7.68. The number of benzene rings is 2. The molecule has 0 aliphatic carbocycles. The molecule has 0 aliphatic heterocycles. The normalized spacial score (nSPS) is 11.4. The third-order valence-electron chi connectivity index (χ3n) is 3.69. The molecule has 0 unspecified atom stereocenters. The van der Waals surface area contributed by atoms with Gasteiger partial charge in [0, 0.05) is 10.9 Å². The van der Waals surface area contributed by atoms with Crippen molar-refractivity contribution in [3.8, 4) is 11.4 Å². The van der Waals surface area contributed by atoms with Crippen LogP contribution in [-0.4, -0.2) is 17.8 Å². The van der Waals surface area contributed by atoms with Gasteiger partial charge in [-0.15, -0.1) is 0 Å². The highest BCUT2D eigenvalue weighted by atomic mass is 35.5. The average molecular weight is 343 g/mol. The third kappa shape index (κ3) is 2.24. The molecule has 0 radical (unpaired) electrons. The molecule has 112 valence electrons. The predicted octanol–water partition coefficient (Wildman–Crippen LogP) is 2.90. The second-order valence-corrected chi connectivity index (χ2v) is 6.08. The Hall–Kier alpha value is -2.24. The first kappa shape index (κ1) is 14.4. The Morgan fingerprint density at radius 3 is 2.83 bits per heavy atom. The lowest BCUT2D eigenvalue weighted by Crippen LogP contribution is -2.08. The number of rotatable bonds is 1. The number of hydrogen-bond acceptors (Lipinski definition) is 3. The summed E-state index contributed by atoms with van der Waals surface area (Å²) in [7, 11) is 1.97. The molecule has 2 heterocycles. The maximum atomic E-state index is 12.4. The van der Waals surface area contributed by atoms with Crippen LogP contribution < -0.4 is 11.0 Å². The van der Waals surface area contributed by atoms with E-state index in [1.54, 1.807) is 18.2 Å². The van der Waals surface area contributed by atoms with Crippen LogP contribution in [-0.2, 0) is 0 Å². The smallest absolute Gasteiger partial charge is 0.294 e. The molecule has 2 aromatic heterocycles. The second-order valence-electron chi connectivity index (χ2n) is 5.30. The molecule has 0 fully saturated rings. The molecule has 1 N–H and O–H groups in total. The number of fused-ring (bicyclic) bond motifs is 3.